The lowest BCUT2D eigenvalue weighted by atomic mass is 10.0. The summed E-state index contributed by atoms with van der Waals surface area (Å²) in [6.45, 7) is 1.63. The fraction of sp³-hybridized carbons (Fsp3) is 0.174. The number of pyridine rings is 1. The van der Waals surface area contributed by atoms with Crippen LogP contribution in [0.4, 0.5) is 14.5 Å². The van der Waals surface area contributed by atoms with Crippen LogP contribution in [0.25, 0.3) is 0 Å². The molecule has 0 aliphatic rings. The third kappa shape index (κ3) is 5.18. The summed E-state index contributed by atoms with van der Waals surface area (Å²) in [7, 11) is 6.08. The molecule has 0 spiro atoms. The Bertz CT molecular complexity index is 1140. The summed E-state index contributed by atoms with van der Waals surface area (Å²) in [5.41, 5.74) is 2.60. The van der Waals surface area contributed by atoms with Crippen LogP contribution in [0, 0.1) is 29.6 Å². The molecule has 5 nitrogen and oxygen atoms in total. The van der Waals surface area contributed by atoms with Crippen molar-refractivity contribution in [2.75, 3.05) is 4.81 Å². The Kier molecular flexibility index (Phi) is 6.84. The molecule has 3 rings (SSSR count). The predicted molar refractivity (Wildman–Crippen MR) is 113 cm³/mol. The number of aromatic nitrogens is 1. The minimum Gasteiger partial charge on any atom is -0.486 e. The number of hydrogen-bond donors (Lipinski definition) is 0. The Balaban J connectivity index is 1.85. The van der Waals surface area contributed by atoms with Gasteiger partial charge in [0.05, 0.1) is 34.5 Å². The number of nitriles is 2. The first-order valence-corrected chi connectivity index (χ1v) is 9.33. The highest BCUT2D eigenvalue weighted by atomic mass is 19.3. The van der Waals surface area contributed by atoms with Crippen LogP contribution in [0.15, 0.2) is 54.7 Å². The molecule has 1 aromatic heterocycles. The number of hydrogen-bond acceptors (Lipinski definition) is 5. The Labute approximate surface area is 180 Å². The molecule has 8 heteroatoms. The standard InChI is InChI=1S/C23H17BF2N4O/c1-15-22(31-14-18-4-2-16(10-27)3-5-18)21(23(25)26)19(12-29-15)13-30(24)20-8-6-17(11-28)7-9-20/h2-9,12,23H,13-14H2,1H3. The molecule has 0 saturated heterocycles. The van der Waals surface area contributed by atoms with E-state index in [9.17, 15) is 8.78 Å². The van der Waals surface area contributed by atoms with E-state index in [1.54, 1.807) is 55.5 Å². The van der Waals surface area contributed by atoms with Crippen LogP contribution in [-0.4, -0.2) is 13.0 Å². The molecule has 0 bridgehead atoms. The van der Waals surface area contributed by atoms with Crippen molar-refractivity contribution in [3.05, 3.63) is 88.2 Å². The second-order valence-corrected chi connectivity index (χ2v) is 6.80. The Morgan fingerprint density at radius 1 is 1.03 bits per heavy atom. The third-order valence-electron chi connectivity index (χ3n) is 4.69. The highest BCUT2D eigenvalue weighted by Crippen LogP contribution is 2.35. The maximum atomic E-state index is 14.0. The van der Waals surface area contributed by atoms with Gasteiger partial charge in [0.1, 0.15) is 12.4 Å². The number of aryl methyl sites for hydroxylation is 1. The van der Waals surface area contributed by atoms with E-state index in [4.69, 9.17) is 23.2 Å². The number of ether oxygens (including phenoxy) is 1. The van der Waals surface area contributed by atoms with Gasteiger partial charge >= 0.3 is 0 Å². The molecule has 3 aromatic rings. The molecule has 0 unspecified atom stereocenters. The van der Waals surface area contributed by atoms with E-state index in [0.29, 0.717) is 22.5 Å². The maximum absolute atomic E-state index is 14.0. The van der Waals surface area contributed by atoms with Crippen LogP contribution < -0.4 is 9.55 Å². The monoisotopic (exact) mass is 414 g/mol. The molecule has 1 heterocycles. The zero-order valence-corrected chi connectivity index (χ0v) is 16.7. The molecule has 0 atom stereocenters. The third-order valence-corrected chi connectivity index (χ3v) is 4.69. The van der Waals surface area contributed by atoms with Crippen LogP contribution in [0.5, 0.6) is 5.75 Å². The van der Waals surface area contributed by atoms with E-state index < -0.39 is 6.43 Å². The van der Waals surface area contributed by atoms with Gasteiger partial charge in [-0.15, -0.1) is 0 Å². The number of halogens is 2. The fourth-order valence-electron chi connectivity index (χ4n) is 3.02. The average Bonchev–Trinajstić information content (AvgIpc) is 2.79. The number of benzene rings is 2. The largest absolute Gasteiger partial charge is 0.486 e. The number of rotatable bonds is 7. The zero-order chi connectivity index (χ0) is 22.4. The fourth-order valence-corrected chi connectivity index (χ4v) is 3.02. The molecule has 0 saturated carbocycles. The van der Waals surface area contributed by atoms with Crippen LogP contribution in [0.2, 0.25) is 0 Å². The highest BCUT2D eigenvalue weighted by Gasteiger charge is 2.23. The second kappa shape index (κ2) is 9.73. The van der Waals surface area contributed by atoms with Crippen molar-refractivity contribution in [1.82, 2.24) is 4.98 Å². The van der Waals surface area contributed by atoms with Gasteiger partial charge < -0.3 is 9.55 Å². The van der Waals surface area contributed by atoms with Crippen molar-refractivity contribution in [2.24, 2.45) is 0 Å². The molecule has 2 aromatic carbocycles. The van der Waals surface area contributed by atoms with Gasteiger partial charge in [-0.3, -0.25) is 4.98 Å². The first kappa shape index (κ1) is 21.8. The topological polar surface area (TPSA) is 72.9 Å². The van der Waals surface area contributed by atoms with Crippen LogP contribution in [0.3, 0.4) is 0 Å². The minimum atomic E-state index is -2.79. The van der Waals surface area contributed by atoms with E-state index in [-0.39, 0.29) is 30.0 Å². The van der Waals surface area contributed by atoms with Gasteiger partial charge in [-0.1, -0.05) is 12.1 Å². The van der Waals surface area contributed by atoms with Gasteiger partial charge in [-0.05, 0) is 48.9 Å². The molecule has 2 radical (unpaired) electrons. The first-order valence-electron chi connectivity index (χ1n) is 9.33. The van der Waals surface area contributed by atoms with Gasteiger partial charge in [0.2, 0.25) is 7.98 Å². The van der Waals surface area contributed by atoms with Gasteiger partial charge in [0, 0.05) is 24.0 Å². The lowest BCUT2D eigenvalue weighted by Crippen LogP contribution is -2.20. The van der Waals surface area contributed by atoms with Crippen molar-refractivity contribution in [2.45, 2.75) is 26.5 Å². The highest BCUT2D eigenvalue weighted by molar-refractivity contribution is 6.17. The summed E-state index contributed by atoms with van der Waals surface area (Å²) in [5.74, 6) is 0.0186. The number of nitrogens with zero attached hydrogens (tertiary/aromatic N) is 4. The van der Waals surface area contributed by atoms with Crippen molar-refractivity contribution >= 4 is 13.7 Å². The summed E-state index contributed by atoms with van der Waals surface area (Å²) in [6.07, 6.45) is -1.42. The zero-order valence-electron chi connectivity index (χ0n) is 16.7. The summed E-state index contributed by atoms with van der Waals surface area (Å²) in [4.78, 5) is 5.52. The molecule has 0 aliphatic carbocycles. The summed E-state index contributed by atoms with van der Waals surface area (Å²) < 4.78 is 33.7. The molecule has 0 amide bonds. The quantitative estimate of drug-likeness (QED) is 0.523. The van der Waals surface area contributed by atoms with Crippen molar-refractivity contribution in [3.63, 3.8) is 0 Å². The van der Waals surface area contributed by atoms with Gasteiger partial charge in [-0.25, -0.2) is 8.78 Å². The predicted octanol–water partition coefficient (Wildman–Crippen LogP) is 4.74. The lowest BCUT2D eigenvalue weighted by Gasteiger charge is -2.23. The first-order chi connectivity index (χ1) is 14.9. The smallest absolute Gasteiger partial charge is 0.267 e. The minimum absolute atomic E-state index is 0.0186. The van der Waals surface area contributed by atoms with Gasteiger partial charge in [0.15, 0.2) is 0 Å². The average molecular weight is 414 g/mol. The molecule has 0 fully saturated rings. The normalized spacial score (nSPS) is 10.4. The van der Waals surface area contributed by atoms with Crippen molar-refractivity contribution in [3.8, 4) is 17.9 Å². The number of alkyl halides is 2. The van der Waals surface area contributed by atoms with E-state index in [0.717, 1.165) is 5.56 Å². The van der Waals surface area contributed by atoms with Crippen LogP contribution in [-0.2, 0) is 13.2 Å². The maximum Gasteiger partial charge on any atom is 0.267 e. The summed E-state index contributed by atoms with van der Waals surface area (Å²) >= 11 is 0. The number of anilines is 1. The van der Waals surface area contributed by atoms with Crippen molar-refractivity contribution in [1.29, 1.82) is 10.5 Å². The second-order valence-electron chi connectivity index (χ2n) is 6.80. The van der Waals surface area contributed by atoms with Gasteiger partial charge in [0.25, 0.3) is 6.43 Å². The summed E-state index contributed by atoms with van der Waals surface area (Å²) in [6, 6.07) is 17.2. The van der Waals surface area contributed by atoms with Crippen molar-refractivity contribution < 1.29 is 13.5 Å². The van der Waals surface area contributed by atoms with E-state index in [1.807, 2.05) is 12.1 Å². The SMILES string of the molecule is [B]N(Cc1cnc(C)c(OCc2ccc(C#N)cc2)c1C(F)F)c1ccc(C#N)cc1. The molecule has 152 valence electrons. The molecule has 0 aliphatic heterocycles. The molecule has 31 heavy (non-hydrogen) atoms. The lowest BCUT2D eigenvalue weighted by molar-refractivity contribution is 0.142. The van der Waals surface area contributed by atoms with Crippen LogP contribution in [0.1, 0.15) is 39.9 Å². The Hall–Kier alpha value is -3.91. The molecule has 0 N–H and O–H groups in total. The Morgan fingerprint density at radius 3 is 2.16 bits per heavy atom. The van der Waals surface area contributed by atoms with Crippen LogP contribution >= 0.6 is 0 Å². The van der Waals surface area contributed by atoms with E-state index >= 15 is 0 Å². The molecular formula is C23H17BF2N4O. The summed E-state index contributed by atoms with van der Waals surface area (Å²) in [5, 5.41) is 17.8. The van der Waals surface area contributed by atoms with Gasteiger partial charge in [-0.2, -0.15) is 10.5 Å². The van der Waals surface area contributed by atoms with E-state index in [1.165, 1.54) is 11.0 Å². The Morgan fingerprint density at radius 2 is 1.61 bits per heavy atom. The molecular weight excluding hydrogens is 397 g/mol. The van der Waals surface area contributed by atoms with E-state index in [2.05, 4.69) is 4.98 Å².